The molecule has 8 heteroatoms. The van der Waals surface area contributed by atoms with Crippen molar-refractivity contribution in [3.63, 3.8) is 0 Å². The van der Waals surface area contributed by atoms with Gasteiger partial charge in [-0.3, -0.25) is 0 Å². The van der Waals surface area contributed by atoms with E-state index in [4.69, 9.17) is 10.5 Å². The van der Waals surface area contributed by atoms with Crippen LogP contribution in [0.4, 0.5) is 9.18 Å². The topological polar surface area (TPSA) is 93.1 Å². The number of hydrogen-bond donors (Lipinski definition) is 2. The molecular formula is C25H33FN4O3. The number of aromatic nitrogens is 1. The van der Waals surface area contributed by atoms with E-state index in [0.717, 1.165) is 31.4 Å². The second kappa shape index (κ2) is 9.95. The number of rotatable bonds is 5. The predicted octanol–water partition coefficient (Wildman–Crippen LogP) is 5.10. The van der Waals surface area contributed by atoms with E-state index in [-0.39, 0.29) is 18.5 Å². The van der Waals surface area contributed by atoms with E-state index in [1.165, 1.54) is 49.6 Å². The second-order valence-electron chi connectivity index (χ2n) is 9.35. The molecule has 3 N–H and O–H groups in total. The standard InChI is InChI=1S/C25H33FN4O3/c1-16(2)17-3-6-19(7-4-17)29-11-9-20(10-12-29)30-23-8-5-18(26)13-21(23)22(14-28-32)24(30)15-33-25(27)31/h5,8,13-14,19-20,32H,3-4,6-7,9-12,15H2,1-2H3,(H2,27,31). The van der Waals surface area contributed by atoms with Crippen molar-refractivity contribution >= 4 is 23.2 Å². The van der Waals surface area contributed by atoms with Crippen LogP contribution < -0.4 is 5.73 Å². The highest BCUT2D eigenvalue weighted by molar-refractivity contribution is 6.01. The normalized spacial score (nSPS) is 20.6. The van der Waals surface area contributed by atoms with E-state index in [1.54, 1.807) is 11.6 Å². The number of likely N-dealkylation sites (tertiary alicyclic amines) is 1. The van der Waals surface area contributed by atoms with Crippen LogP contribution in [0.1, 0.15) is 69.7 Å². The van der Waals surface area contributed by atoms with Gasteiger partial charge in [0.15, 0.2) is 0 Å². The van der Waals surface area contributed by atoms with Crippen LogP contribution in [0.15, 0.2) is 34.5 Å². The summed E-state index contributed by atoms with van der Waals surface area (Å²) in [6.45, 7) is 6.33. The van der Waals surface area contributed by atoms with Crippen molar-refractivity contribution in [3.8, 4) is 0 Å². The Morgan fingerprint density at radius 3 is 2.52 bits per heavy atom. The molecule has 4 rings (SSSR count). The highest BCUT2D eigenvalue weighted by atomic mass is 19.1. The summed E-state index contributed by atoms with van der Waals surface area (Å²) in [5.74, 6) is -0.377. The molecule has 178 valence electrons. The molecule has 7 nitrogen and oxygen atoms in total. The van der Waals surface area contributed by atoms with Crippen molar-refractivity contribution in [1.82, 2.24) is 9.47 Å². The van der Waals surface area contributed by atoms with Gasteiger partial charge in [0.05, 0.1) is 11.9 Å². The summed E-state index contributed by atoms with van der Waals surface area (Å²) < 4.78 is 21.3. The zero-order valence-electron chi connectivity index (χ0n) is 19.4. The number of piperidine rings is 1. The van der Waals surface area contributed by atoms with E-state index in [2.05, 4.69) is 28.5 Å². The smallest absolute Gasteiger partial charge is 0.404 e. The molecule has 0 bridgehead atoms. The second-order valence-corrected chi connectivity index (χ2v) is 9.35. The fourth-order valence-electron chi connectivity index (χ4n) is 5.60. The molecule has 2 aliphatic rings. The maximum absolute atomic E-state index is 14.1. The molecule has 1 amide bonds. The molecule has 0 spiro atoms. The van der Waals surface area contributed by atoms with Crippen molar-refractivity contribution in [2.24, 2.45) is 10.9 Å². The first kappa shape index (κ1) is 23.3. The van der Waals surface area contributed by atoms with Gasteiger partial charge in [0.2, 0.25) is 0 Å². The number of primary amides is 1. The molecule has 1 saturated carbocycles. The number of hydrogen-bond acceptors (Lipinski definition) is 5. The maximum Gasteiger partial charge on any atom is 0.404 e. The number of oxime groups is 1. The van der Waals surface area contributed by atoms with Gasteiger partial charge >= 0.3 is 6.09 Å². The summed E-state index contributed by atoms with van der Waals surface area (Å²) in [6, 6.07) is 5.38. The van der Waals surface area contributed by atoms with Gasteiger partial charge in [0.25, 0.3) is 0 Å². The summed E-state index contributed by atoms with van der Waals surface area (Å²) >= 11 is 0. The fourth-order valence-corrected chi connectivity index (χ4v) is 5.60. The number of nitrogens with two attached hydrogens (primary N) is 1. The molecule has 1 aromatic carbocycles. The Morgan fingerprint density at radius 1 is 1.21 bits per heavy atom. The zero-order chi connectivity index (χ0) is 23.5. The summed E-state index contributed by atoms with van der Waals surface area (Å²) in [5.41, 5.74) is 10.3. The average molecular weight is 457 g/mol. The zero-order valence-corrected chi connectivity index (χ0v) is 19.4. The van der Waals surface area contributed by atoms with E-state index in [9.17, 15) is 14.4 Å². The Balaban J connectivity index is 1.59. The molecule has 1 aliphatic carbocycles. The van der Waals surface area contributed by atoms with Gasteiger partial charge in [-0.25, -0.2) is 9.18 Å². The largest absolute Gasteiger partial charge is 0.443 e. The summed E-state index contributed by atoms with van der Waals surface area (Å²) in [7, 11) is 0. The lowest BCUT2D eigenvalue weighted by Gasteiger charge is -2.40. The molecule has 0 unspecified atom stereocenters. The first-order valence-electron chi connectivity index (χ1n) is 11.7. The number of ether oxygens (including phenoxy) is 1. The Kier molecular flexibility index (Phi) is 7.02. The van der Waals surface area contributed by atoms with Gasteiger partial charge in [0.1, 0.15) is 12.4 Å². The third-order valence-corrected chi connectivity index (χ3v) is 7.29. The fraction of sp³-hybridized carbons (Fsp3) is 0.520. The van der Waals surface area contributed by atoms with Crippen molar-refractivity contribution < 1.29 is 19.1 Å². The van der Waals surface area contributed by atoms with Crippen molar-refractivity contribution in [2.45, 2.75) is 71.1 Å². The Bertz CT molecular complexity index is 1070. The molecule has 0 radical (unpaired) electrons. The van der Waals surface area contributed by atoms with Gasteiger partial charge in [-0.05, 0) is 70.6 Å². The van der Waals surface area contributed by atoms with Crippen LogP contribution in [-0.2, 0) is 11.3 Å². The average Bonchev–Trinajstić information content (AvgIpc) is 3.10. The van der Waals surface area contributed by atoms with Crippen LogP contribution in [0.2, 0.25) is 0 Å². The molecule has 1 saturated heterocycles. The van der Waals surface area contributed by atoms with Crippen LogP contribution >= 0.6 is 0 Å². The number of allylic oxidation sites excluding steroid dienone is 2. The monoisotopic (exact) mass is 456 g/mol. The molecule has 2 heterocycles. The molecule has 1 aromatic heterocycles. The molecule has 2 aromatic rings. The first-order valence-corrected chi connectivity index (χ1v) is 11.7. The highest BCUT2D eigenvalue weighted by Crippen LogP contribution is 2.36. The van der Waals surface area contributed by atoms with E-state index in [0.29, 0.717) is 22.7 Å². The minimum Gasteiger partial charge on any atom is -0.443 e. The summed E-state index contributed by atoms with van der Waals surface area (Å²) in [6.07, 6.45) is 7.08. The molecule has 1 aliphatic heterocycles. The van der Waals surface area contributed by atoms with Crippen molar-refractivity contribution in [1.29, 1.82) is 0 Å². The minimum absolute atomic E-state index is 0.0681. The Labute approximate surface area is 193 Å². The SMILES string of the molecule is CC(C)=C1CCC(N2CCC(n3c(COC(N)=O)c(C=NO)c4cc(F)ccc43)CC2)CC1. The Hall–Kier alpha value is -2.87. The maximum atomic E-state index is 14.1. The van der Waals surface area contributed by atoms with Crippen LogP contribution in [0.25, 0.3) is 10.9 Å². The summed E-state index contributed by atoms with van der Waals surface area (Å²) in [5, 5.41) is 13.0. The van der Waals surface area contributed by atoms with E-state index in [1.807, 2.05) is 0 Å². The lowest BCUT2D eigenvalue weighted by molar-refractivity contribution is 0.113. The lowest BCUT2D eigenvalue weighted by atomic mass is 9.86. The molecule has 33 heavy (non-hydrogen) atoms. The van der Waals surface area contributed by atoms with Crippen molar-refractivity contribution in [3.05, 3.63) is 46.4 Å². The third kappa shape index (κ3) is 4.90. The van der Waals surface area contributed by atoms with Crippen LogP contribution in [0.5, 0.6) is 0 Å². The predicted molar refractivity (Wildman–Crippen MR) is 126 cm³/mol. The first-order chi connectivity index (χ1) is 15.9. The van der Waals surface area contributed by atoms with Crippen molar-refractivity contribution in [2.75, 3.05) is 13.1 Å². The highest BCUT2D eigenvalue weighted by Gasteiger charge is 2.30. The number of carbonyl (C=O) groups is 1. The minimum atomic E-state index is -0.882. The van der Waals surface area contributed by atoms with Gasteiger partial charge in [0, 0.05) is 41.6 Å². The van der Waals surface area contributed by atoms with Gasteiger partial charge in [-0.1, -0.05) is 16.3 Å². The molecule has 2 fully saturated rings. The van der Waals surface area contributed by atoms with Crippen LogP contribution in [-0.4, -0.2) is 46.1 Å². The number of carbonyl (C=O) groups excluding carboxylic acids is 1. The van der Waals surface area contributed by atoms with E-state index >= 15 is 0 Å². The number of amides is 1. The Morgan fingerprint density at radius 2 is 1.91 bits per heavy atom. The van der Waals surface area contributed by atoms with Crippen LogP contribution in [0, 0.1) is 5.82 Å². The summed E-state index contributed by atoms with van der Waals surface area (Å²) in [4.78, 5) is 13.9. The number of halogens is 1. The van der Waals surface area contributed by atoms with Gasteiger partial charge in [-0.2, -0.15) is 0 Å². The van der Waals surface area contributed by atoms with Gasteiger partial charge < -0.3 is 25.1 Å². The third-order valence-electron chi connectivity index (χ3n) is 7.29. The van der Waals surface area contributed by atoms with Gasteiger partial charge in [-0.15, -0.1) is 0 Å². The number of benzene rings is 1. The quantitative estimate of drug-likeness (QED) is 0.283. The number of fused-ring (bicyclic) bond motifs is 1. The lowest BCUT2D eigenvalue weighted by Crippen LogP contribution is -2.43. The number of nitrogens with zero attached hydrogens (tertiary/aromatic N) is 3. The molecule has 0 atom stereocenters. The molecular weight excluding hydrogens is 423 g/mol. The van der Waals surface area contributed by atoms with E-state index < -0.39 is 6.09 Å². The van der Waals surface area contributed by atoms with Crippen LogP contribution in [0.3, 0.4) is 0 Å².